The Kier molecular flexibility index (Phi) is 3.44. The number of aryl methyl sites for hydroxylation is 1. The van der Waals surface area contributed by atoms with Crippen molar-refractivity contribution >= 4 is 23.0 Å². The van der Waals surface area contributed by atoms with Gasteiger partial charge in [-0.05, 0) is 54.5 Å². The van der Waals surface area contributed by atoms with Gasteiger partial charge in [-0.25, -0.2) is 9.18 Å². The Labute approximate surface area is 120 Å². The normalized spacial score (nSPS) is 17.6. The van der Waals surface area contributed by atoms with Crippen molar-refractivity contribution < 1.29 is 14.3 Å². The number of hydrogen-bond donors (Lipinski definition) is 2. The van der Waals surface area contributed by atoms with Crippen molar-refractivity contribution in [3.8, 4) is 0 Å². The van der Waals surface area contributed by atoms with Crippen LogP contribution in [0.3, 0.4) is 0 Å². The number of hydrogen-bond acceptors (Lipinski definition) is 3. The van der Waals surface area contributed by atoms with Crippen LogP contribution in [-0.4, -0.2) is 11.1 Å². The quantitative estimate of drug-likeness (QED) is 0.896. The lowest BCUT2D eigenvalue weighted by Gasteiger charge is -2.25. The summed E-state index contributed by atoms with van der Waals surface area (Å²) in [6.07, 6.45) is 3.12. The largest absolute Gasteiger partial charge is 0.478 e. The number of halogens is 1. The van der Waals surface area contributed by atoms with Crippen LogP contribution in [0.1, 0.15) is 39.7 Å². The minimum Gasteiger partial charge on any atom is -0.478 e. The first-order valence-corrected chi connectivity index (χ1v) is 7.39. The number of carboxylic acid groups (broad SMARTS) is 1. The zero-order valence-electron chi connectivity index (χ0n) is 10.7. The van der Waals surface area contributed by atoms with Crippen molar-refractivity contribution in [1.29, 1.82) is 0 Å². The van der Waals surface area contributed by atoms with Gasteiger partial charge < -0.3 is 10.4 Å². The summed E-state index contributed by atoms with van der Waals surface area (Å²) in [6, 6.07) is 6.03. The van der Waals surface area contributed by atoms with Gasteiger partial charge in [-0.1, -0.05) is 0 Å². The topological polar surface area (TPSA) is 49.3 Å². The van der Waals surface area contributed by atoms with E-state index in [9.17, 15) is 14.3 Å². The van der Waals surface area contributed by atoms with Crippen LogP contribution < -0.4 is 5.32 Å². The molecule has 104 valence electrons. The van der Waals surface area contributed by atoms with Gasteiger partial charge in [0.25, 0.3) is 0 Å². The molecule has 20 heavy (non-hydrogen) atoms. The number of rotatable bonds is 3. The van der Waals surface area contributed by atoms with E-state index >= 15 is 0 Å². The smallest absolute Gasteiger partial charge is 0.337 e. The van der Waals surface area contributed by atoms with E-state index in [2.05, 4.69) is 16.8 Å². The predicted molar refractivity (Wildman–Crippen MR) is 77.0 cm³/mol. The maximum Gasteiger partial charge on any atom is 0.337 e. The highest BCUT2D eigenvalue weighted by molar-refractivity contribution is 7.10. The Morgan fingerprint density at radius 3 is 3.05 bits per heavy atom. The monoisotopic (exact) mass is 291 g/mol. The minimum atomic E-state index is -1.12. The Morgan fingerprint density at radius 2 is 2.25 bits per heavy atom. The first-order valence-electron chi connectivity index (χ1n) is 6.51. The van der Waals surface area contributed by atoms with Crippen LogP contribution in [0.15, 0.2) is 29.6 Å². The Balaban J connectivity index is 1.92. The molecular formula is C15H14FNO2S. The zero-order valence-corrected chi connectivity index (χ0v) is 11.5. The lowest BCUT2D eigenvalue weighted by atomic mass is 9.93. The highest BCUT2D eigenvalue weighted by atomic mass is 32.1. The van der Waals surface area contributed by atoms with Crippen LogP contribution in [0.4, 0.5) is 10.1 Å². The number of nitrogens with one attached hydrogen (secondary N) is 1. The molecule has 0 radical (unpaired) electrons. The molecule has 0 spiro atoms. The molecule has 5 heteroatoms. The lowest BCUT2D eigenvalue weighted by Crippen LogP contribution is -2.17. The zero-order chi connectivity index (χ0) is 14.1. The standard InChI is InChI=1S/C15H14FNO2S/c16-9-4-5-13(11(8-9)15(18)19)17-12-2-1-3-14-10(12)6-7-20-14/h4-8,12,17H,1-3H2,(H,18,19). The van der Waals surface area contributed by atoms with Gasteiger partial charge in [-0.3, -0.25) is 0 Å². The number of carbonyl (C=O) groups is 1. The first-order chi connectivity index (χ1) is 9.65. The number of thiophene rings is 1. The average molecular weight is 291 g/mol. The minimum absolute atomic E-state index is 0.0210. The Hall–Kier alpha value is -1.88. The van der Waals surface area contributed by atoms with E-state index in [0.717, 1.165) is 25.3 Å². The van der Waals surface area contributed by atoms with Crippen LogP contribution >= 0.6 is 11.3 Å². The van der Waals surface area contributed by atoms with Gasteiger partial charge in [-0.2, -0.15) is 0 Å². The molecule has 3 rings (SSSR count). The van der Waals surface area contributed by atoms with E-state index in [1.165, 1.54) is 22.6 Å². The Morgan fingerprint density at radius 1 is 1.40 bits per heavy atom. The van der Waals surface area contributed by atoms with E-state index in [0.29, 0.717) is 5.69 Å². The van der Waals surface area contributed by atoms with Gasteiger partial charge in [-0.15, -0.1) is 11.3 Å². The summed E-state index contributed by atoms with van der Waals surface area (Å²) in [5.74, 6) is -1.65. The second kappa shape index (κ2) is 5.25. The highest BCUT2D eigenvalue weighted by Gasteiger charge is 2.22. The molecule has 1 aliphatic carbocycles. The van der Waals surface area contributed by atoms with Crippen molar-refractivity contribution in [2.75, 3.05) is 5.32 Å². The average Bonchev–Trinajstić information content (AvgIpc) is 2.90. The molecule has 2 aromatic rings. The summed E-state index contributed by atoms with van der Waals surface area (Å²) in [5.41, 5.74) is 1.69. The van der Waals surface area contributed by atoms with Crippen molar-refractivity contribution in [3.05, 3.63) is 51.5 Å². The fourth-order valence-corrected chi connectivity index (χ4v) is 3.63. The summed E-state index contributed by atoms with van der Waals surface area (Å²) in [7, 11) is 0. The third-order valence-electron chi connectivity index (χ3n) is 3.59. The summed E-state index contributed by atoms with van der Waals surface area (Å²) < 4.78 is 13.2. The van der Waals surface area contributed by atoms with Gasteiger partial charge >= 0.3 is 5.97 Å². The van der Waals surface area contributed by atoms with Gasteiger partial charge in [0.1, 0.15) is 5.82 Å². The predicted octanol–water partition coefficient (Wildman–Crippen LogP) is 4.07. The van der Waals surface area contributed by atoms with Gasteiger partial charge in [0.15, 0.2) is 0 Å². The Bertz CT molecular complexity index is 653. The molecule has 0 bridgehead atoms. The van der Waals surface area contributed by atoms with Gasteiger partial charge in [0, 0.05) is 10.6 Å². The molecule has 0 fully saturated rings. The molecule has 1 unspecified atom stereocenters. The number of anilines is 1. The third kappa shape index (κ3) is 2.41. The molecule has 1 aromatic carbocycles. The molecule has 1 heterocycles. The van der Waals surface area contributed by atoms with Gasteiger partial charge in [0.2, 0.25) is 0 Å². The van der Waals surface area contributed by atoms with Crippen LogP contribution in [0.5, 0.6) is 0 Å². The molecule has 0 saturated heterocycles. The second-order valence-electron chi connectivity index (χ2n) is 4.88. The van der Waals surface area contributed by atoms with E-state index in [4.69, 9.17) is 0 Å². The van der Waals surface area contributed by atoms with Crippen molar-refractivity contribution in [2.24, 2.45) is 0 Å². The molecule has 0 amide bonds. The second-order valence-corrected chi connectivity index (χ2v) is 5.88. The van der Waals surface area contributed by atoms with Crippen molar-refractivity contribution in [2.45, 2.75) is 25.3 Å². The summed E-state index contributed by atoms with van der Waals surface area (Å²) in [4.78, 5) is 12.6. The summed E-state index contributed by atoms with van der Waals surface area (Å²) in [5, 5.41) is 14.5. The van der Waals surface area contributed by atoms with Crippen LogP contribution in [0.2, 0.25) is 0 Å². The maximum absolute atomic E-state index is 13.2. The molecule has 3 nitrogen and oxygen atoms in total. The van der Waals surface area contributed by atoms with E-state index in [-0.39, 0.29) is 11.6 Å². The third-order valence-corrected chi connectivity index (χ3v) is 4.59. The maximum atomic E-state index is 13.2. The van der Waals surface area contributed by atoms with Crippen LogP contribution in [0.25, 0.3) is 0 Å². The number of benzene rings is 1. The molecule has 1 atom stereocenters. The van der Waals surface area contributed by atoms with E-state index in [1.807, 2.05) is 0 Å². The molecule has 2 N–H and O–H groups in total. The molecular weight excluding hydrogens is 277 g/mol. The SMILES string of the molecule is O=C(O)c1cc(F)ccc1NC1CCCc2sccc21. The fourth-order valence-electron chi connectivity index (χ4n) is 2.64. The van der Waals surface area contributed by atoms with Crippen LogP contribution in [-0.2, 0) is 6.42 Å². The van der Waals surface area contributed by atoms with Crippen molar-refractivity contribution in [1.82, 2.24) is 0 Å². The highest BCUT2D eigenvalue weighted by Crippen LogP contribution is 2.36. The summed E-state index contributed by atoms with van der Waals surface area (Å²) in [6.45, 7) is 0. The lowest BCUT2D eigenvalue weighted by molar-refractivity contribution is 0.0697. The number of aromatic carboxylic acids is 1. The molecule has 0 aliphatic heterocycles. The molecule has 0 saturated carbocycles. The first kappa shape index (κ1) is 13.1. The van der Waals surface area contributed by atoms with Crippen LogP contribution in [0, 0.1) is 5.82 Å². The fraction of sp³-hybridized carbons (Fsp3) is 0.267. The van der Waals surface area contributed by atoms with Crippen molar-refractivity contribution in [3.63, 3.8) is 0 Å². The van der Waals surface area contributed by atoms with E-state index < -0.39 is 11.8 Å². The number of fused-ring (bicyclic) bond motifs is 1. The molecule has 1 aliphatic rings. The molecule has 1 aromatic heterocycles. The van der Waals surface area contributed by atoms with E-state index in [1.54, 1.807) is 11.3 Å². The van der Waals surface area contributed by atoms with Gasteiger partial charge in [0.05, 0.1) is 11.6 Å². The number of carboxylic acids is 1. The summed E-state index contributed by atoms with van der Waals surface area (Å²) >= 11 is 1.74.